The van der Waals surface area contributed by atoms with Crippen molar-refractivity contribution >= 4 is 11.0 Å². The van der Waals surface area contributed by atoms with Crippen LogP contribution in [0, 0.1) is 13.8 Å². The van der Waals surface area contributed by atoms with E-state index in [1.165, 1.54) is 5.56 Å². The van der Waals surface area contributed by atoms with Crippen LogP contribution in [0.25, 0.3) is 16.9 Å². The first kappa shape index (κ1) is 10.0. The second-order valence-corrected chi connectivity index (χ2v) is 4.26. The van der Waals surface area contributed by atoms with Crippen LogP contribution in [0.4, 0.5) is 0 Å². The van der Waals surface area contributed by atoms with Crippen molar-refractivity contribution in [3.05, 3.63) is 35.5 Å². The highest BCUT2D eigenvalue weighted by Crippen LogP contribution is 2.17. The summed E-state index contributed by atoms with van der Waals surface area (Å²) in [5, 5.41) is 12.7. The van der Waals surface area contributed by atoms with Crippen molar-refractivity contribution < 1.29 is 0 Å². The van der Waals surface area contributed by atoms with Crippen molar-refractivity contribution in [2.45, 2.75) is 13.8 Å². The number of aryl methyl sites for hydroxylation is 3. The minimum atomic E-state index is 0.898. The number of rotatable bonds is 1. The van der Waals surface area contributed by atoms with Crippen molar-refractivity contribution in [3.8, 4) is 5.82 Å². The maximum absolute atomic E-state index is 4.32. The van der Waals surface area contributed by atoms with Gasteiger partial charge in [0, 0.05) is 13.1 Å². The van der Waals surface area contributed by atoms with E-state index < -0.39 is 0 Å². The monoisotopic (exact) mass is 227 g/mol. The Bertz CT molecular complexity index is 692. The van der Waals surface area contributed by atoms with Crippen LogP contribution in [0.3, 0.4) is 0 Å². The van der Waals surface area contributed by atoms with Gasteiger partial charge in [0.2, 0.25) is 0 Å². The summed E-state index contributed by atoms with van der Waals surface area (Å²) in [7, 11) is 1.91. The van der Waals surface area contributed by atoms with E-state index in [1.807, 2.05) is 41.5 Å². The third-order valence-corrected chi connectivity index (χ3v) is 2.80. The van der Waals surface area contributed by atoms with E-state index in [0.29, 0.717) is 0 Å². The Morgan fingerprint density at radius 3 is 2.65 bits per heavy atom. The van der Waals surface area contributed by atoms with Crippen LogP contribution in [-0.2, 0) is 7.05 Å². The van der Waals surface area contributed by atoms with Crippen LogP contribution in [0.5, 0.6) is 0 Å². The van der Waals surface area contributed by atoms with Crippen LogP contribution in [0.1, 0.15) is 11.3 Å². The van der Waals surface area contributed by atoms with E-state index >= 15 is 0 Å². The van der Waals surface area contributed by atoms with Crippen LogP contribution < -0.4 is 0 Å². The molecule has 5 heteroatoms. The Labute approximate surface area is 98.7 Å². The molecule has 0 aliphatic heterocycles. The molecule has 3 rings (SSSR count). The van der Waals surface area contributed by atoms with Crippen molar-refractivity contribution in [2.24, 2.45) is 7.05 Å². The van der Waals surface area contributed by atoms with E-state index in [4.69, 9.17) is 0 Å². The lowest BCUT2D eigenvalue weighted by molar-refractivity contribution is 0.686. The van der Waals surface area contributed by atoms with Gasteiger partial charge in [-0.3, -0.25) is 4.68 Å². The summed E-state index contributed by atoms with van der Waals surface area (Å²) in [6.07, 6.45) is 0. The van der Waals surface area contributed by atoms with Gasteiger partial charge in [0.1, 0.15) is 5.52 Å². The standard InChI is InChI=1S/C12H13N5/c1-8-4-5-10-11(6-8)17(15-13-10)12-7-9(2)14-16(12)3/h4-7H,1-3H3. The normalized spacial score (nSPS) is 11.2. The number of nitrogens with zero attached hydrogens (tertiary/aromatic N) is 5. The SMILES string of the molecule is Cc1ccc2nnn(-c3cc(C)nn3C)c2c1. The highest BCUT2D eigenvalue weighted by molar-refractivity contribution is 5.76. The summed E-state index contributed by atoms with van der Waals surface area (Å²) in [5.74, 6) is 0.926. The molecule has 17 heavy (non-hydrogen) atoms. The first-order valence-corrected chi connectivity index (χ1v) is 5.48. The largest absolute Gasteiger partial charge is 0.251 e. The van der Waals surface area contributed by atoms with Gasteiger partial charge in [0.25, 0.3) is 0 Å². The van der Waals surface area contributed by atoms with Gasteiger partial charge in [0.15, 0.2) is 5.82 Å². The molecule has 0 spiro atoms. The van der Waals surface area contributed by atoms with Gasteiger partial charge in [0.05, 0.1) is 11.2 Å². The van der Waals surface area contributed by atoms with Crippen LogP contribution in [0.15, 0.2) is 24.3 Å². The van der Waals surface area contributed by atoms with Crippen LogP contribution in [-0.4, -0.2) is 24.8 Å². The zero-order valence-electron chi connectivity index (χ0n) is 10.0. The van der Waals surface area contributed by atoms with Crippen molar-refractivity contribution in [1.29, 1.82) is 0 Å². The third-order valence-electron chi connectivity index (χ3n) is 2.80. The van der Waals surface area contributed by atoms with Gasteiger partial charge in [-0.25, -0.2) is 0 Å². The lowest BCUT2D eigenvalue weighted by Crippen LogP contribution is -2.04. The average Bonchev–Trinajstić information content (AvgIpc) is 2.81. The molecule has 0 N–H and O–H groups in total. The molecule has 0 radical (unpaired) electrons. The molecule has 0 saturated heterocycles. The van der Waals surface area contributed by atoms with Gasteiger partial charge < -0.3 is 0 Å². The molecule has 3 aromatic rings. The second-order valence-electron chi connectivity index (χ2n) is 4.26. The number of aromatic nitrogens is 5. The summed E-state index contributed by atoms with van der Waals surface area (Å²) in [5.41, 5.74) is 4.07. The molecule has 0 fully saturated rings. The predicted octanol–water partition coefficient (Wildman–Crippen LogP) is 1.77. The Balaban J connectivity index is 2.30. The molecule has 2 aromatic heterocycles. The first-order valence-electron chi connectivity index (χ1n) is 5.48. The summed E-state index contributed by atoms with van der Waals surface area (Å²) >= 11 is 0. The highest BCUT2D eigenvalue weighted by Gasteiger charge is 2.10. The van der Waals surface area contributed by atoms with Crippen LogP contribution >= 0.6 is 0 Å². The van der Waals surface area contributed by atoms with Crippen molar-refractivity contribution in [2.75, 3.05) is 0 Å². The molecule has 1 aromatic carbocycles. The minimum Gasteiger partial charge on any atom is -0.251 e. The molecule has 0 saturated carbocycles. The molecule has 0 bridgehead atoms. The number of hydrogen-bond donors (Lipinski definition) is 0. The van der Waals surface area contributed by atoms with E-state index in [0.717, 1.165) is 22.5 Å². The number of benzene rings is 1. The molecule has 0 aliphatic rings. The predicted molar refractivity (Wildman–Crippen MR) is 65.1 cm³/mol. The fraction of sp³-hybridized carbons (Fsp3) is 0.250. The van der Waals surface area contributed by atoms with Gasteiger partial charge in [-0.15, -0.1) is 5.10 Å². The van der Waals surface area contributed by atoms with E-state index in [1.54, 1.807) is 0 Å². The lowest BCUT2D eigenvalue weighted by atomic mass is 10.2. The molecule has 5 nitrogen and oxygen atoms in total. The summed E-state index contributed by atoms with van der Waals surface area (Å²) in [4.78, 5) is 0. The number of hydrogen-bond acceptors (Lipinski definition) is 3. The fourth-order valence-electron chi connectivity index (χ4n) is 1.99. The quantitative estimate of drug-likeness (QED) is 0.636. The third kappa shape index (κ3) is 1.51. The molecule has 0 atom stereocenters. The second kappa shape index (κ2) is 3.41. The van der Waals surface area contributed by atoms with Crippen LogP contribution in [0.2, 0.25) is 0 Å². The van der Waals surface area contributed by atoms with E-state index in [9.17, 15) is 0 Å². The zero-order valence-corrected chi connectivity index (χ0v) is 10.0. The highest BCUT2D eigenvalue weighted by atomic mass is 15.5. The Morgan fingerprint density at radius 2 is 1.94 bits per heavy atom. The summed E-state index contributed by atoms with van der Waals surface area (Å²) in [6.45, 7) is 4.03. The lowest BCUT2D eigenvalue weighted by Gasteiger charge is -2.02. The van der Waals surface area contributed by atoms with Gasteiger partial charge >= 0.3 is 0 Å². The van der Waals surface area contributed by atoms with Crippen molar-refractivity contribution in [3.63, 3.8) is 0 Å². The minimum absolute atomic E-state index is 0.898. The van der Waals surface area contributed by atoms with Crippen molar-refractivity contribution in [1.82, 2.24) is 24.8 Å². The Morgan fingerprint density at radius 1 is 1.12 bits per heavy atom. The topological polar surface area (TPSA) is 48.5 Å². The molecular weight excluding hydrogens is 214 g/mol. The molecule has 0 aliphatic carbocycles. The van der Waals surface area contributed by atoms with Gasteiger partial charge in [-0.1, -0.05) is 11.3 Å². The molecule has 0 amide bonds. The molecule has 0 unspecified atom stereocenters. The molecule has 86 valence electrons. The molecular formula is C12H13N5. The zero-order chi connectivity index (χ0) is 12.0. The van der Waals surface area contributed by atoms with E-state index in [-0.39, 0.29) is 0 Å². The maximum Gasteiger partial charge on any atom is 0.154 e. The Hall–Kier alpha value is -2.17. The first-order chi connectivity index (χ1) is 8.15. The van der Waals surface area contributed by atoms with Gasteiger partial charge in [-0.05, 0) is 31.5 Å². The Kier molecular flexibility index (Phi) is 2.01. The van der Waals surface area contributed by atoms with E-state index in [2.05, 4.69) is 28.4 Å². The summed E-state index contributed by atoms with van der Waals surface area (Å²) in [6, 6.07) is 8.10. The fourth-order valence-corrected chi connectivity index (χ4v) is 1.99. The maximum atomic E-state index is 4.32. The summed E-state index contributed by atoms with van der Waals surface area (Å²) < 4.78 is 3.63. The average molecular weight is 227 g/mol. The van der Waals surface area contributed by atoms with Gasteiger partial charge in [-0.2, -0.15) is 9.78 Å². The number of fused-ring (bicyclic) bond motifs is 1. The molecule has 2 heterocycles. The smallest absolute Gasteiger partial charge is 0.154 e.